The zero-order chi connectivity index (χ0) is 23.9. The van der Waals surface area contributed by atoms with Crippen LogP contribution in [0.25, 0.3) is 0 Å². The molecule has 0 radical (unpaired) electrons. The maximum absolute atomic E-state index is 13.3. The van der Waals surface area contributed by atoms with E-state index >= 15 is 0 Å². The van der Waals surface area contributed by atoms with E-state index < -0.39 is 18.8 Å². The summed E-state index contributed by atoms with van der Waals surface area (Å²) in [5.41, 5.74) is 3.82. The van der Waals surface area contributed by atoms with E-state index in [4.69, 9.17) is 0 Å². The molecule has 4 rings (SSSR count). The fraction of sp³-hybridized carbons (Fsp3) is 0.308. The van der Waals surface area contributed by atoms with Gasteiger partial charge in [0.2, 0.25) is 0 Å². The van der Waals surface area contributed by atoms with Crippen molar-refractivity contribution < 1.29 is 23.0 Å². The fourth-order valence-corrected chi connectivity index (χ4v) is 4.51. The van der Waals surface area contributed by atoms with Crippen molar-refractivity contribution in [3.05, 3.63) is 94.8 Å². The Morgan fingerprint density at radius 2 is 1.97 bits per heavy atom. The molecule has 0 saturated carbocycles. The second-order valence-corrected chi connectivity index (χ2v) is 8.40. The van der Waals surface area contributed by atoms with Gasteiger partial charge >= 0.3 is 5.97 Å². The molecule has 0 spiro atoms. The Morgan fingerprint density at radius 3 is 2.74 bits per heavy atom. The Kier molecular flexibility index (Phi) is 7.80. The first-order chi connectivity index (χ1) is 16.5. The van der Waals surface area contributed by atoms with Crippen molar-refractivity contribution in [3.63, 3.8) is 0 Å². The van der Waals surface area contributed by atoms with Crippen LogP contribution in [0.15, 0.2) is 66.9 Å². The Labute approximate surface area is 196 Å². The summed E-state index contributed by atoms with van der Waals surface area (Å²) in [5, 5.41) is 7.10. The zero-order valence-corrected chi connectivity index (χ0v) is 18.5. The van der Waals surface area contributed by atoms with Gasteiger partial charge in [-0.3, -0.25) is 9.93 Å². The number of halogens is 3. The van der Waals surface area contributed by atoms with Crippen LogP contribution in [0.2, 0.25) is 0 Å². The molecule has 1 aromatic heterocycles. The number of fused-ring (bicyclic) bond motifs is 1. The Bertz CT molecular complexity index is 1110. The third kappa shape index (κ3) is 5.75. The van der Waals surface area contributed by atoms with Crippen molar-refractivity contribution in [2.75, 3.05) is 18.4 Å². The maximum Gasteiger partial charge on any atom is 0.353 e. The smallest absolute Gasteiger partial charge is 0.353 e. The van der Waals surface area contributed by atoms with Crippen LogP contribution < -0.4 is 10.6 Å². The number of nitrogens with one attached hydrogen (secondary N) is 2. The highest BCUT2D eigenvalue weighted by atomic mass is 19.3. The minimum Gasteiger partial charge on any atom is -0.383 e. The van der Waals surface area contributed by atoms with Crippen molar-refractivity contribution in [3.8, 4) is 0 Å². The average molecular weight is 470 g/mol. The highest BCUT2D eigenvalue weighted by Gasteiger charge is 2.27. The normalized spacial score (nSPS) is 15.9. The number of pyridine rings is 1. The van der Waals surface area contributed by atoms with Gasteiger partial charge in [0, 0.05) is 34.8 Å². The molecule has 0 bridgehead atoms. The molecule has 2 atom stereocenters. The number of nitrogens with zero attached hydrogens (tertiary/aromatic N) is 1. The van der Waals surface area contributed by atoms with Crippen molar-refractivity contribution in [1.82, 2.24) is 10.3 Å². The van der Waals surface area contributed by atoms with Crippen molar-refractivity contribution in [2.45, 2.75) is 31.7 Å². The molecule has 2 heterocycles. The van der Waals surface area contributed by atoms with Gasteiger partial charge in [-0.05, 0) is 48.2 Å². The molecular formula is C26H26F3N3O2. The largest absolute Gasteiger partial charge is 0.383 e. The molecule has 8 heteroatoms. The first-order valence-corrected chi connectivity index (χ1v) is 11.2. The first kappa shape index (κ1) is 23.8. The minimum absolute atomic E-state index is 0.0604. The molecule has 0 fully saturated rings. The molecular weight excluding hydrogens is 443 g/mol. The standard InChI is InChI=1S/C26H26F3N3O2/c27-26(28)21-9-8-17(13-19(21)15-24(33)34-29)10-12-31-25(18-5-2-1-3-6-18)20-14-23-22(32-16-20)7-4-11-30-23/h1-9,11,13,20,25-26,31-32H,10,12,14-16H2/t20-,25-/m1/s1. The van der Waals surface area contributed by atoms with Gasteiger partial charge in [-0.2, -0.15) is 0 Å². The Morgan fingerprint density at radius 1 is 1.15 bits per heavy atom. The van der Waals surface area contributed by atoms with Crippen LogP contribution in [0.1, 0.15) is 40.4 Å². The molecule has 5 nitrogen and oxygen atoms in total. The number of carbonyl (C=O) groups excluding carboxylic acids is 1. The number of anilines is 1. The highest BCUT2D eigenvalue weighted by Crippen LogP contribution is 2.31. The third-order valence-electron chi connectivity index (χ3n) is 6.17. The zero-order valence-electron chi connectivity index (χ0n) is 18.5. The van der Waals surface area contributed by atoms with Crippen molar-refractivity contribution in [2.24, 2.45) is 5.92 Å². The molecule has 0 unspecified atom stereocenters. The summed E-state index contributed by atoms with van der Waals surface area (Å²) in [5.74, 6) is -0.930. The monoisotopic (exact) mass is 469 g/mol. The number of hydrogen-bond donors (Lipinski definition) is 2. The molecule has 0 saturated heterocycles. The maximum atomic E-state index is 13.3. The molecule has 3 aromatic rings. The van der Waals surface area contributed by atoms with E-state index in [0.29, 0.717) is 13.0 Å². The number of hydrogen-bond acceptors (Lipinski definition) is 5. The second-order valence-electron chi connectivity index (χ2n) is 8.40. The Hall–Kier alpha value is -3.39. The van der Waals surface area contributed by atoms with Gasteiger partial charge in [-0.1, -0.05) is 48.5 Å². The summed E-state index contributed by atoms with van der Waals surface area (Å²) in [6, 6.07) is 18.6. The van der Waals surface area contributed by atoms with E-state index in [2.05, 4.69) is 32.7 Å². The fourth-order valence-electron chi connectivity index (χ4n) is 4.51. The molecule has 1 aliphatic rings. The van der Waals surface area contributed by atoms with Crippen LogP contribution >= 0.6 is 0 Å². The van der Waals surface area contributed by atoms with Crippen LogP contribution in [0.3, 0.4) is 0 Å². The lowest BCUT2D eigenvalue weighted by molar-refractivity contribution is -0.182. The van der Waals surface area contributed by atoms with Crippen LogP contribution in [-0.4, -0.2) is 24.0 Å². The van der Waals surface area contributed by atoms with E-state index in [-0.39, 0.29) is 23.1 Å². The van der Waals surface area contributed by atoms with Gasteiger partial charge in [0.25, 0.3) is 6.43 Å². The van der Waals surface area contributed by atoms with E-state index in [1.165, 1.54) is 12.1 Å². The number of benzene rings is 2. The number of rotatable bonds is 9. The van der Waals surface area contributed by atoms with E-state index in [1.54, 1.807) is 12.3 Å². The number of aromatic nitrogens is 1. The summed E-state index contributed by atoms with van der Waals surface area (Å²) in [6.07, 6.45) is -0.113. The molecule has 2 aromatic carbocycles. The summed E-state index contributed by atoms with van der Waals surface area (Å²) in [6.45, 7) is 1.38. The highest BCUT2D eigenvalue weighted by molar-refractivity contribution is 5.72. The van der Waals surface area contributed by atoms with Gasteiger partial charge < -0.3 is 10.6 Å². The average Bonchev–Trinajstić information content (AvgIpc) is 2.86. The van der Waals surface area contributed by atoms with Crippen LogP contribution in [0.4, 0.5) is 19.0 Å². The number of alkyl halides is 2. The van der Waals surface area contributed by atoms with E-state index in [1.807, 2.05) is 30.3 Å². The quantitative estimate of drug-likeness (QED) is 0.454. The SMILES string of the molecule is O=C(Cc1cc(CCN[C@H](c2ccccc2)[C@H]2CNc3cccnc3C2)ccc1C(F)F)OF. The third-order valence-corrected chi connectivity index (χ3v) is 6.17. The lowest BCUT2D eigenvalue weighted by Gasteiger charge is -2.33. The van der Waals surface area contributed by atoms with Crippen molar-refractivity contribution >= 4 is 11.7 Å². The van der Waals surface area contributed by atoms with Crippen LogP contribution in [0, 0.1) is 5.92 Å². The summed E-state index contributed by atoms with van der Waals surface area (Å²) in [7, 11) is 0. The Balaban J connectivity index is 1.47. The van der Waals surface area contributed by atoms with Gasteiger partial charge in [0.15, 0.2) is 0 Å². The minimum atomic E-state index is -2.76. The lowest BCUT2D eigenvalue weighted by atomic mass is 9.86. The van der Waals surface area contributed by atoms with Crippen LogP contribution in [-0.2, 0) is 29.0 Å². The molecule has 0 aliphatic carbocycles. The molecule has 178 valence electrons. The number of carbonyl (C=O) groups is 1. The van der Waals surface area contributed by atoms with E-state index in [9.17, 15) is 18.1 Å². The van der Waals surface area contributed by atoms with Gasteiger partial charge in [0.05, 0.1) is 17.8 Å². The molecule has 34 heavy (non-hydrogen) atoms. The summed E-state index contributed by atoms with van der Waals surface area (Å²) < 4.78 is 38.8. The van der Waals surface area contributed by atoms with Gasteiger partial charge in [-0.25, -0.2) is 13.6 Å². The predicted molar refractivity (Wildman–Crippen MR) is 123 cm³/mol. The van der Waals surface area contributed by atoms with Crippen molar-refractivity contribution in [1.29, 1.82) is 0 Å². The lowest BCUT2D eigenvalue weighted by Crippen LogP contribution is -2.37. The summed E-state index contributed by atoms with van der Waals surface area (Å²) >= 11 is 0. The molecule has 0 amide bonds. The molecule has 1 aliphatic heterocycles. The predicted octanol–water partition coefficient (Wildman–Crippen LogP) is 5.15. The van der Waals surface area contributed by atoms with Gasteiger partial charge in [0.1, 0.15) is 0 Å². The summed E-state index contributed by atoms with van der Waals surface area (Å²) in [4.78, 5) is 19.0. The molecule has 2 N–H and O–H groups in total. The van der Waals surface area contributed by atoms with Gasteiger partial charge in [-0.15, -0.1) is 0 Å². The van der Waals surface area contributed by atoms with E-state index in [0.717, 1.165) is 35.5 Å². The van der Waals surface area contributed by atoms with Crippen LogP contribution in [0.5, 0.6) is 0 Å². The first-order valence-electron chi connectivity index (χ1n) is 11.2. The second kappa shape index (κ2) is 11.2. The topological polar surface area (TPSA) is 63.2 Å².